The molecule has 78 valence electrons. The molecule has 2 unspecified atom stereocenters. The Morgan fingerprint density at radius 3 is 2.15 bits per heavy atom. The molecule has 0 amide bonds. The summed E-state index contributed by atoms with van der Waals surface area (Å²) in [5, 5.41) is 9.90. The highest BCUT2D eigenvalue weighted by Gasteiger charge is 2.29. The zero-order valence-electron chi connectivity index (χ0n) is 9.51. The minimum atomic E-state index is -0.0389. The molecule has 2 atom stereocenters. The molecule has 1 N–H and O–H groups in total. The van der Waals surface area contributed by atoms with E-state index >= 15 is 0 Å². The summed E-state index contributed by atoms with van der Waals surface area (Å²) in [4.78, 5) is 0. The smallest absolute Gasteiger partial charge is 0.0571 e. The summed E-state index contributed by atoms with van der Waals surface area (Å²) in [7, 11) is 0. The first-order valence-corrected chi connectivity index (χ1v) is 5.59. The molecule has 1 heteroatoms. The Bertz CT molecular complexity index is 153. The van der Waals surface area contributed by atoms with Gasteiger partial charge in [-0.25, -0.2) is 0 Å². The van der Waals surface area contributed by atoms with E-state index in [4.69, 9.17) is 0 Å². The highest BCUT2D eigenvalue weighted by molar-refractivity contribution is 4.81. The van der Waals surface area contributed by atoms with E-state index in [9.17, 15) is 5.11 Å². The largest absolute Gasteiger partial charge is 0.393 e. The van der Waals surface area contributed by atoms with Gasteiger partial charge in [-0.1, -0.05) is 34.1 Å². The molecule has 1 rings (SSSR count). The van der Waals surface area contributed by atoms with Crippen LogP contribution in [0.2, 0.25) is 0 Å². The zero-order chi connectivity index (χ0) is 10.1. The van der Waals surface area contributed by atoms with Gasteiger partial charge in [0.25, 0.3) is 0 Å². The maximum absolute atomic E-state index is 9.90. The van der Waals surface area contributed by atoms with Crippen molar-refractivity contribution in [3.05, 3.63) is 0 Å². The van der Waals surface area contributed by atoms with Gasteiger partial charge in [-0.05, 0) is 36.5 Å². The van der Waals surface area contributed by atoms with E-state index < -0.39 is 0 Å². The van der Waals surface area contributed by atoms with Gasteiger partial charge in [-0.15, -0.1) is 0 Å². The summed E-state index contributed by atoms with van der Waals surface area (Å²) in [6, 6.07) is 0. The van der Waals surface area contributed by atoms with Gasteiger partial charge < -0.3 is 5.11 Å². The molecular weight excluding hydrogens is 160 g/mol. The van der Waals surface area contributed by atoms with Crippen molar-refractivity contribution in [2.45, 2.75) is 59.5 Å². The Hall–Kier alpha value is -0.0400. The molecule has 0 aliphatic heterocycles. The van der Waals surface area contributed by atoms with Gasteiger partial charge in [0, 0.05) is 0 Å². The Kier molecular flexibility index (Phi) is 3.39. The van der Waals surface area contributed by atoms with Crippen LogP contribution in [0.3, 0.4) is 0 Å². The molecule has 13 heavy (non-hydrogen) atoms. The Morgan fingerprint density at radius 2 is 1.85 bits per heavy atom. The van der Waals surface area contributed by atoms with Crippen molar-refractivity contribution < 1.29 is 5.11 Å². The van der Waals surface area contributed by atoms with Crippen LogP contribution >= 0.6 is 0 Å². The molecule has 1 nitrogen and oxygen atoms in total. The van der Waals surface area contributed by atoms with E-state index in [0.717, 1.165) is 6.42 Å². The third-order valence-corrected chi connectivity index (χ3v) is 3.77. The molecule has 0 saturated heterocycles. The highest BCUT2D eigenvalue weighted by atomic mass is 16.3. The lowest BCUT2D eigenvalue weighted by molar-refractivity contribution is 0.0285. The van der Waals surface area contributed by atoms with Crippen molar-refractivity contribution in [1.29, 1.82) is 0 Å². The molecule has 0 aromatic rings. The maximum Gasteiger partial charge on any atom is 0.0571 e. The minimum Gasteiger partial charge on any atom is -0.393 e. The van der Waals surface area contributed by atoms with Crippen LogP contribution in [-0.4, -0.2) is 11.2 Å². The molecule has 1 aliphatic rings. The Labute approximate surface area is 82.5 Å². The van der Waals surface area contributed by atoms with E-state index in [0.29, 0.717) is 17.3 Å². The van der Waals surface area contributed by atoms with Gasteiger partial charge in [0.05, 0.1) is 6.10 Å². The van der Waals surface area contributed by atoms with Crippen molar-refractivity contribution in [2.75, 3.05) is 0 Å². The van der Waals surface area contributed by atoms with Crippen LogP contribution in [0.25, 0.3) is 0 Å². The van der Waals surface area contributed by atoms with E-state index in [-0.39, 0.29) is 6.10 Å². The first-order valence-electron chi connectivity index (χ1n) is 5.59. The van der Waals surface area contributed by atoms with Crippen LogP contribution in [0.15, 0.2) is 0 Å². The van der Waals surface area contributed by atoms with E-state index in [1.165, 1.54) is 19.3 Å². The zero-order valence-corrected chi connectivity index (χ0v) is 9.51. The lowest BCUT2D eigenvalue weighted by Gasteiger charge is -2.35. The average molecular weight is 184 g/mol. The molecule has 0 bridgehead atoms. The first-order chi connectivity index (χ1) is 5.91. The number of hydrogen-bond acceptors (Lipinski definition) is 1. The topological polar surface area (TPSA) is 20.2 Å². The fourth-order valence-electron chi connectivity index (χ4n) is 1.73. The van der Waals surface area contributed by atoms with Crippen molar-refractivity contribution in [3.63, 3.8) is 0 Å². The molecule has 1 fully saturated rings. The molecule has 0 spiro atoms. The molecule has 0 aromatic carbocycles. The van der Waals surface area contributed by atoms with E-state index in [2.05, 4.69) is 27.7 Å². The van der Waals surface area contributed by atoms with E-state index in [1.807, 2.05) is 0 Å². The van der Waals surface area contributed by atoms with Crippen LogP contribution in [0.4, 0.5) is 0 Å². The standard InChI is InChI=1S/C12H24O/c1-9(12(2,3)4)8-11(13)10-6-5-7-10/h9-11,13H,5-8H2,1-4H3. The lowest BCUT2D eigenvalue weighted by atomic mass is 9.73. The summed E-state index contributed by atoms with van der Waals surface area (Å²) < 4.78 is 0. The van der Waals surface area contributed by atoms with Gasteiger partial charge in [0.2, 0.25) is 0 Å². The summed E-state index contributed by atoms with van der Waals surface area (Å²) in [6.45, 7) is 9.02. The second kappa shape index (κ2) is 4.00. The summed E-state index contributed by atoms with van der Waals surface area (Å²) in [5.74, 6) is 1.23. The first kappa shape index (κ1) is 11.0. The van der Waals surface area contributed by atoms with Crippen LogP contribution in [0.1, 0.15) is 53.4 Å². The number of aliphatic hydroxyl groups excluding tert-OH is 1. The van der Waals surface area contributed by atoms with Crippen molar-refractivity contribution in [2.24, 2.45) is 17.3 Å². The average Bonchev–Trinajstić information content (AvgIpc) is 1.79. The second-order valence-electron chi connectivity index (χ2n) is 5.76. The second-order valence-corrected chi connectivity index (χ2v) is 5.76. The predicted molar refractivity (Wildman–Crippen MR) is 56.6 cm³/mol. The lowest BCUT2D eigenvalue weighted by Crippen LogP contribution is -2.31. The van der Waals surface area contributed by atoms with Crippen LogP contribution in [-0.2, 0) is 0 Å². The molecule has 1 saturated carbocycles. The fourth-order valence-corrected chi connectivity index (χ4v) is 1.73. The third kappa shape index (κ3) is 2.98. The molecule has 0 aromatic heterocycles. The monoisotopic (exact) mass is 184 g/mol. The Morgan fingerprint density at radius 1 is 1.31 bits per heavy atom. The van der Waals surface area contributed by atoms with Crippen molar-refractivity contribution in [3.8, 4) is 0 Å². The van der Waals surface area contributed by atoms with E-state index in [1.54, 1.807) is 0 Å². The normalized spacial score (nSPS) is 23.8. The number of aliphatic hydroxyl groups is 1. The van der Waals surface area contributed by atoms with Crippen LogP contribution in [0.5, 0.6) is 0 Å². The van der Waals surface area contributed by atoms with Gasteiger partial charge in [-0.3, -0.25) is 0 Å². The highest BCUT2D eigenvalue weighted by Crippen LogP contribution is 2.36. The molecule has 0 radical (unpaired) electrons. The van der Waals surface area contributed by atoms with Gasteiger partial charge >= 0.3 is 0 Å². The molecule has 1 aliphatic carbocycles. The summed E-state index contributed by atoms with van der Waals surface area (Å²) in [5.41, 5.74) is 0.338. The quantitative estimate of drug-likeness (QED) is 0.714. The summed E-state index contributed by atoms with van der Waals surface area (Å²) >= 11 is 0. The van der Waals surface area contributed by atoms with Crippen molar-refractivity contribution >= 4 is 0 Å². The predicted octanol–water partition coefficient (Wildman–Crippen LogP) is 3.22. The number of hydrogen-bond donors (Lipinski definition) is 1. The van der Waals surface area contributed by atoms with Crippen LogP contribution < -0.4 is 0 Å². The van der Waals surface area contributed by atoms with Crippen molar-refractivity contribution in [1.82, 2.24) is 0 Å². The van der Waals surface area contributed by atoms with Gasteiger partial charge in [0.1, 0.15) is 0 Å². The van der Waals surface area contributed by atoms with Crippen LogP contribution in [0, 0.1) is 17.3 Å². The SMILES string of the molecule is CC(CC(O)C1CCC1)C(C)(C)C. The van der Waals surface area contributed by atoms with Gasteiger partial charge in [-0.2, -0.15) is 0 Å². The third-order valence-electron chi connectivity index (χ3n) is 3.77. The fraction of sp³-hybridized carbons (Fsp3) is 1.00. The molecule has 0 heterocycles. The maximum atomic E-state index is 9.90. The summed E-state index contributed by atoms with van der Waals surface area (Å²) in [6.07, 6.45) is 4.76. The Balaban J connectivity index is 2.30. The molecular formula is C12H24O. The number of rotatable bonds is 3. The minimum absolute atomic E-state index is 0.0389. The van der Waals surface area contributed by atoms with Gasteiger partial charge in [0.15, 0.2) is 0 Å².